The number of ether oxygens (including phenoxy) is 1. The number of H-pyrrole nitrogens is 1. The number of benzene rings is 2. The number of carbonyl (C=O) groups excluding carboxylic acids is 2. The molecule has 0 bridgehead atoms. The van der Waals surface area contributed by atoms with Crippen LogP contribution in [0.4, 0.5) is 5.69 Å². The molecule has 2 aromatic heterocycles. The van der Waals surface area contributed by atoms with Gasteiger partial charge in [-0.2, -0.15) is 0 Å². The summed E-state index contributed by atoms with van der Waals surface area (Å²) in [5.41, 5.74) is 8.62. The largest absolute Gasteiger partial charge is 0.455 e. The number of amides is 2. The summed E-state index contributed by atoms with van der Waals surface area (Å²) in [5, 5.41) is 5.05. The monoisotopic (exact) mass is 598 g/mol. The van der Waals surface area contributed by atoms with Crippen molar-refractivity contribution in [3.8, 4) is 11.5 Å². The lowest BCUT2D eigenvalue weighted by molar-refractivity contribution is -0.179. The van der Waals surface area contributed by atoms with Crippen LogP contribution in [0, 0.1) is 11.3 Å². The van der Waals surface area contributed by atoms with Gasteiger partial charge in [-0.1, -0.05) is 23.7 Å². The Balaban J connectivity index is 1.05. The predicted molar refractivity (Wildman–Crippen MR) is 167 cm³/mol. The summed E-state index contributed by atoms with van der Waals surface area (Å²) in [6.07, 6.45) is 7.12. The summed E-state index contributed by atoms with van der Waals surface area (Å²) in [7, 11) is 0. The number of nitrogens with zero attached hydrogens (tertiary/aromatic N) is 3. The second kappa shape index (κ2) is 11.2. The molecule has 4 N–H and O–H groups in total. The Hall–Kier alpha value is -4.08. The molecule has 3 fully saturated rings. The van der Waals surface area contributed by atoms with Crippen LogP contribution in [-0.2, 0) is 4.79 Å². The van der Waals surface area contributed by atoms with Gasteiger partial charge in [0.1, 0.15) is 17.1 Å². The lowest BCUT2D eigenvalue weighted by Crippen LogP contribution is -2.66. The second-order valence-electron chi connectivity index (χ2n) is 12.0. The first kappa shape index (κ1) is 27.7. The third kappa shape index (κ3) is 5.10. The molecule has 3 saturated heterocycles. The quantitative estimate of drug-likeness (QED) is 0.249. The first-order valence-electron chi connectivity index (χ1n) is 15.0. The molecule has 2 amide bonds. The third-order valence-electron chi connectivity index (χ3n) is 9.47. The minimum Gasteiger partial charge on any atom is -0.455 e. The Morgan fingerprint density at radius 2 is 1.84 bits per heavy atom. The number of hydrogen-bond acceptors (Lipinski definition) is 6. The zero-order valence-electron chi connectivity index (χ0n) is 23.9. The number of primary amides is 1. The molecule has 9 nitrogen and oxygen atoms in total. The molecule has 3 aliphatic heterocycles. The van der Waals surface area contributed by atoms with Gasteiger partial charge in [-0.05, 0) is 86.7 Å². The first-order valence-corrected chi connectivity index (χ1v) is 15.4. The number of aromatic nitrogens is 2. The molecule has 5 heterocycles. The molecular formula is C33H35ClN6O3. The molecule has 1 atom stereocenters. The first-order chi connectivity index (χ1) is 20.9. The molecule has 43 heavy (non-hydrogen) atoms. The number of fused-ring (bicyclic) bond motifs is 1. The number of β-lactam (4-membered cyclic amide) rings is 1. The lowest BCUT2D eigenvalue weighted by atomic mass is 9.62. The number of halogens is 1. The summed E-state index contributed by atoms with van der Waals surface area (Å²) < 4.78 is 6.14. The molecule has 4 aromatic rings. The third-order valence-corrected chi connectivity index (χ3v) is 9.72. The molecule has 7 rings (SSSR count). The van der Waals surface area contributed by atoms with E-state index in [-0.39, 0.29) is 11.5 Å². The van der Waals surface area contributed by atoms with Gasteiger partial charge in [-0.15, -0.1) is 0 Å². The SMILES string of the molecule is NC(=O)c1ccc(N2CCC(CN3C(=O)C4(CCNCC4)C3c3ccc(Cl)cc3)CC2)cc1Oc1cnc2[nH]ccc2c1. The van der Waals surface area contributed by atoms with Gasteiger partial charge < -0.3 is 30.6 Å². The van der Waals surface area contributed by atoms with E-state index in [9.17, 15) is 9.59 Å². The smallest absolute Gasteiger partial charge is 0.252 e. The lowest BCUT2D eigenvalue weighted by Gasteiger charge is -2.59. The minimum atomic E-state index is -0.545. The average Bonchev–Trinajstić information content (AvgIpc) is 3.50. The van der Waals surface area contributed by atoms with Crippen molar-refractivity contribution in [3.05, 3.63) is 83.1 Å². The molecule has 10 heteroatoms. The Morgan fingerprint density at radius 1 is 1.07 bits per heavy atom. The van der Waals surface area contributed by atoms with Gasteiger partial charge in [0.25, 0.3) is 5.91 Å². The number of pyridine rings is 1. The second-order valence-corrected chi connectivity index (χ2v) is 12.4. The van der Waals surface area contributed by atoms with Gasteiger partial charge in [0.2, 0.25) is 5.91 Å². The normalized spacial score (nSPS) is 20.4. The summed E-state index contributed by atoms with van der Waals surface area (Å²) in [4.78, 5) is 37.8. The van der Waals surface area contributed by atoms with Gasteiger partial charge in [0, 0.05) is 48.0 Å². The molecule has 0 saturated carbocycles. The van der Waals surface area contributed by atoms with Crippen LogP contribution in [0.3, 0.4) is 0 Å². The molecule has 222 valence electrons. The predicted octanol–water partition coefficient (Wildman–Crippen LogP) is 5.28. The molecule has 3 aliphatic rings. The van der Waals surface area contributed by atoms with E-state index in [4.69, 9.17) is 22.1 Å². The van der Waals surface area contributed by atoms with E-state index < -0.39 is 5.91 Å². The number of nitrogens with two attached hydrogens (primary N) is 1. The van der Waals surface area contributed by atoms with Crippen molar-refractivity contribution in [3.63, 3.8) is 0 Å². The van der Waals surface area contributed by atoms with Crippen LogP contribution >= 0.6 is 11.6 Å². The number of nitrogens with one attached hydrogen (secondary N) is 2. The van der Waals surface area contributed by atoms with Crippen LogP contribution in [-0.4, -0.2) is 59.4 Å². The molecule has 1 spiro atoms. The van der Waals surface area contributed by atoms with Crippen molar-refractivity contribution in [2.45, 2.75) is 31.7 Å². The van der Waals surface area contributed by atoms with E-state index in [0.29, 0.717) is 33.9 Å². The Morgan fingerprint density at radius 3 is 2.58 bits per heavy atom. The number of rotatable bonds is 7. The van der Waals surface area contributed by atoms with Crippen molar-refractivity contribution >= 4 is 40.1 Å². The van der Waals surface area contributed by atoms with Crippen molar-refractivity contribution in [1.29, 1.82) is 0 Å². The highest BCUT2D eigenvalue weighted by molar-refractivity contribution is 6.30. The van der Waals surface area contributed by atoms with E-state index >= 15 is 0 Å². The van der Waals surface area contributed by atoms with Gasteiger partial charge in [-0.3, -0.25) is 9.59 Å². The highest BCUT2D eigenvalue weighted by Gasteiger charge is 2.60. The van der Waals surface area contributed by atoms with Crippen LogP contribution < -0.4 is 20.7 Å². The number of aromatic amines is 1. The molecule has 1 unspecified atom stereocenters. The zero-order valence-corrected chi connectivity index (χ0v) is 24.6. The maximum Gasteiger partial charge on any atom is 0.252 e. The minimum absolute atomic E-state index is 0.0958. The highest BCUT2D eigenvalue weighted by Crippen LogP contribution is 2.55. The topological polar surface area (TPSA) is 117 Å². The van der Waals surface area contributed by atoms with Crippen molar-refractivity contribution < 1.29 is 14.3 Å². The number of carbonyl (C=O) groups is 2. The number of anilines is 1. The van der Waals surface area contributed by atoms with Gasteiger partial charge in [-0.25, -0.2) is 4.98 Å². The summed E-state index contributed by atoms with van der Waals surface area (Å²) in [6.45, 7) is 4.21. The van der Waals surface area contributed by atoms with Crippen molar-refractivity contribution in [2.24, 2.45) is 17.1 Å². The van der Waals surface area contributed by atoms with E-state index in [2.05, 4.69) is 37.2 Å². The van der Waals surface area contributed by atoms with Crippen molar-refractivity contribution in [1.82, 2.24) is 20.2 Å². The van der Waals surface area contributed by atoms with Gasteiger partial charge in [0.15, 0.2) is 0 Å². The number of likely N-dealkylation sites (tertiary alicyclic amines) is 1. The van der Waals surface area contributed by atoms with E-state index in [0.717, 1.165) is 75.1 Å². The zero-order chi connectivity index (χ0) is 29.6. The summed E-state index contributed by atoms with van der Waals surface area (Å²) >= 11 is 6.20. The van der Waals surface area contributed by atoms with Crippen LogP contribution in [0.5, 0.6) is 11.5 Å². The average molecular weight is 599 g/mol. The maximum absolute atomic E-state index is 13.7. The fourth-order valence-corrected chi connectivity index (χ4v) is 7.32. The summed E-state index contributed by atoms with van der Waals surface area (Å²) in [5.74, 6) is 1.11. The molecular weight excluding hydrogens is 564 g/mol. The Labute approximate surface area is 255 Å². The van der Waals surface area contributed by atoms with E-state index in [1.165, 1.54) is 5.56 Å². The van der Waals surface area contributed by atoms with Crippen LogP contribution in [0.2, 0.25) is 5.02 Å². The van der Waals surface area contributed by atoms with Crippen LogP contribution in [0.25, 0.3) is 11.0 Å². The Kier molecular flexibility index (Phi) is 7.23. The van der Waals surface area contributed by atoms with Gasteiger partial charge in [0.05, 0.1) is 23.2 Å². The molecule has 2 aromatic carbocycles. The fraction of sp³-hybridized carbons (Fsp3) is 0.364. The van der Waals surface area contributed by atoms with E-state index in [1.54, 1.807) is 12.3 Å². The Bertz CT molecular complexity index is 1660. The molecule has 0 radical (unpaired) electrons. The van der Waals surface area contributed by atoms with Gasteiger partial charge >= 0.3 is 0 Å². The van der Waals surface area contributed by atoms with Crippen LogP contribution in [0.15, 0.2) is 67.0 Å². The highest BCUT2D eigenvalue weighted by atomic mass is 35.5. The summed E-state index contributed by atoms with van der Waals surface area (Å²) in [6, 6.07) is 17.5. The fourth-order valence-electron chi connectivity index (χ4n) is 7.19. The molecule has 0 aliphatic carbocycles. The number of hydrogen-bond donors (Lipinski definition) is 3. The van der Waals surface area contributed by atoms with E-state index in [1.807, 2.05) is 42.6 Å². The maximum atomic E-state index is 13.7. The van der Waals surface area contributed by atoms with Crippen molar-refractivity contribution in [2.75, 3.05) is 37.6 Å². The number of piperidine rings is 2. The van der Waals surface area contributed by atoms with Crippen LogP contribution in [0.1, 0.15) is 47.6 Å². The standard InChI is InChI=1S/C33H35ClN6O3/c34-24-3-1-22(2-4-24)29-33(10-13-36-14-11-33)32(42)40(29)20-21-8-15-39(16-9-21)25-5-6-27(30(35)41)28(18-25)43-26-17-23-7-12-37-31(23)38-19-26/h1-7,12,17-19,21,29,36H,8-11,13-16,20H2,(H2,35,41)(H,37,38).